The Morgan fingerprint density at radius 1 is 1.06 bits per heavy atom. The maximum atomic E-state index is 12.9. The van der Waals surface area contributed by atoms with E-state index in [0.29, 0.717) is 17.2 Å². The number of rotatable bonds is 8. The molecular formula is C27H31N3O4S. The van der Waals surface area contributed by atoms with Gasteiger partial charge < -0.3 is 19.5 Å². The van der Waals surface area contributed by atoms with Gasteiger partial charge in [-0.25, -0.2) is 4.79 Å². The number of likely N-dealkylation sites (tertiary alicyclic amines) is 1. The number of anilines is 1. The van der Waals surface area contributed by atoms with E-state index in [2.05, 4.69) is 12.2 Å². The zero-order chi connectivity index (χ0) is 24.8. The summed E-state index contributed by atoms with van der Waals surface area (Å²) in [6, 6.07) is 14.7. The first kappa shape index (κ1) is 24.9. The number of ether oxygens (including phenoxy) is 1. The number of amides is 2. The van der Waals surface area contributed by atoms with Crippen molar-refractivity contribution < 1.29 is 19.1 Å². The standard InChI is InChI=1S/C27H31N3O4S/c1-3-34-27(33)20-8-4-6-10-22(20)28-25(31)18-35-24-16-30(23-11-7-5-9-21(23)24)17-26(32)29-14-12-19(2)13-15-29/h4-11,16,19H,3,12-15,17-18H2,1-2H3,(H,28,31). The lowest BCUT2D eigenvalue weighted by atomic mass is 9.99. The van der Waals surface area contributed by atoms with Gasteiger partial charge in [-0.2, -0.15) is 0 Å². The van der Waals surface area contributed by atoms with Crippen LogP contribution in [0.2, 0.25) is 0 Å². The first-order valence-electron chi connectivity index (χ1n) is 12.0. The van der Waals surface area contributed by atoms with Crippen molar-refractivity contribution in [2.24, 2.45) is 5.92 Å². The quantitative estimate of drug-likeness (QED) is 0.360. The summed E-state index contributed by atoms with van der Waals surface area (Å²) in [4.78, 5) is 40.7. The van der Waals surface area contributed by atoms with Gasteiger partial charge in [0.25, 0.3) is 0 Å². The van der Waals surface area contributed by atoms with Gasteiger partial charge in [0, 0.05) is 35.1 Å². The van der Waals surface area contributed by atoms with Gasteiger partial charge in [-0.3, -0.25) is 9.59 Å². The van der Waals surface area contributed by atoms with Crippen molar-refractivity contribution in [3.63, 3.8) is 0 Å². The number of para-hydroxylation sites is 2. The van der Waals surface area contributed by atoms with Crippen LogP contribution >= 0.6 is 11.8 Å². The third-order valence-electron chi connectivity index (χ3n) is 6.25. The summed E-state index contributed by atoms with van der Waals surface area (Å²) in [7, 11) is 0. The second-order valence-electron chi connectivity index (χ2n) is 8.80. The zero-order valence-electron chi connectivity index (χ0n) is 20.2. The van der Waals surface area contributed by atoms with Gasteiger partial charge in [-0.1, -0.05) is 37.3 Å². The SMILES string of the molecule is CCOC(=O)c1ccccc1NC(=O)CSc1cn(CC(=O)N2CCC(C)CC2)c2ccccc12. The number of carbonyl (C=O) groups excluding carboxylic acids is 3. The minimum atomic E-state index is -0.466. The van der Waals surface area contributed by atoms with Crippen LogP contribution in [0.15, 0.2) is 59.6 Å². The zero-order valence-corrected chi connectivity index (χ0v) is 21.0. The summed E-state index contributed by atoms with van der Waals surface area (Å²) in [6.45, 7) is 6.15. The van der Waals surface area contributed by atoms with Crippen molar-refractivity contribution in [3.8, 4) is 0 Å². The van der Waals surface area contributed by atoms with E-state index in [1.807, 2.05) is 39.9 Å². The van der Waals surface area contributed by atoms with Gasteiger partial charge in [0.1, 0.15) is 6.54 Å². The van der Waals surface area contributed by atoms with Crippen molar-refractivity contribution in [1.82, 2.24) is 9.47 Å². The maximum absolute atomic E-state index is 12.9. The minimum absolute atomic E-state index is 0.127. The second kappa shape index (κ2) is 11.4. The molecule has 0 radical (unpaired) electrons. The molecule has 0 unspecified atom stereocenters. The molecule has 0 bridgehead atoms. The Morgan fingerprint density at radius 2 is 1.77 bits per heavy atom. The molecule has 0 saturated carbocycles. The molecule has 35 heavy (non-hydrogen) atoms. The number of piperidine rings is 1. The van der Waals surface area contributed by atoms with Crippen molar-refractivity contribution >= 4 is 46.1 Å². The second-order valence-corrected chi connectivity index (χ2v) is 9.82. The van der Waals surface area contributed by atoms with Crippen molar-refractivity contribution in [2.75, 3.05) is 30.8 Å². The Bertz CT molecular complexity index is 1210. The van der Waals surface area contributed by atoms with Crippen molar-refractivity contribution in [1.29, 1.82) is 0 Å². The predicted octanol–water partition coefficient (Wildman–Crippen LogP) is 4.81. The number of esters is 1. The van der Waals surface area contributed by atoms with Crippen LogP contribution in [0.1, 0.15) is 37.0 Å². The maximum Gasteiger partial charge on any atom is 0.340 e. The Kier molecular flexibility index (Phi) is 8.13. The summed E-state index contributed by atoms with van der Waals surface area (Å²) in [6.07, 6.45) is 4.06. The molecule has 3 aromatic rings. The number of hydrogen-bond acceptors (Lipinski definition) is 5. The number of fused-ring (bicyclic) bond motifs is 1. The Hall–Kier alpha value is -3.26. The van der Waals surface area contributed by atoms with Crippen LogP contribution in [-0.2, 0) is 20.9 Å². The molecule has 0 spiro atoms. The van der Waals surface area contributed by atoms with Crippen LogP contribution in [0.4, 0.5) is 5.69 Å². The molecule has 2 amide bonds. The number of aromatic nitrogens is 1. The highest BCUT2D eigenvalue weighted by molar-refractivity contribution is 8.00. The highest BCUT2D eigenvalue weighted by atomic mass is 32.2. The monoisotopic (exact) mass is 493 g/mol. The van der Waals surface area contributed by atoms with Crippen LogP contribution in [0.3, 0.4) is 0 Å². The van der Waals surface area contributed by atoms with E-state index in [0.717, 1.165) is 41.7 Å². The Balaban J connectivity index is 1.43. The van der Waals surface area contributed by atoms with Crippen LogP contribution < -0.4 is 5.32 Å². The molecule has 0 atom stereocenters. The number of nitrogens with zero attached hydrogens (tertiary/aromatic N) is 2. The molecule has 1 saturated heterocycles. The average molecular weight is 494 g/mol. The number of thioether (sulfide) groups is 1. The molecule has 8 heteroatoms. The number of benzene rings is 2. The molecule has 2 aromatic carbocycles. The lowest BCUT2D eigenvalue weighted by Crippen LogP contribution is -2.39. The first-order chi connectivity index (χ1) is 17.0. The number of carbonyl (C=O) groups is 3. The van der Waals surface area contributed by atoms with Gasteiger partial charge in [-0.05, 0) is 43.9 Å². The number of hydrogen-bond donors (Lipinski definition) is 1. The number of nitrogens with one attached hydrogen (secondary N) is 1. The van der Waals surface area contributed by atoms with Gasteiger partial charge in [0.05, 0.1) is 23.6 Å². The highest BCUT2D eigenvalue weighted by Gasteiger charge is 2.22. The smallest absolute Gasteiger partial charge is 0.340 e. The lowest BCUT2D eigenvalue weighted by Gasteiger charge is -2.30. The van der Waals surface area contributed by atoms with Gasteiger partial charge in [0.2, 0.25) is 11.8 Å². The summed E-state index contributed by atoms with van der Waals surface area (Å²) in [5.41, 5.74) is 1.73. The fraction of sp³-hybridized carbons (Fsp3) is 0.370. The van der Waals surface area contributed by atoms with E-state index in [1.165, 1.54) is 11.8 Å². The molecule has 184 valence electrons. The molecule has 4 rings (SSSR count). The van der Waals surface area contributed by atoms with Gasteiger partial charge >= 0.3 is 5.97 Å². The first-order valence-corrected chi connectivity index (χ1v) is 13.0. The Labute approximate surface area is 209 Å². The summed E-state index contributed by atoms with van der Waals surface area (Å²) in [5, 5.41) is 3.84. The van der Waals surface area contributed by atoms with Crippen molar-refractivity contribution in [3.05, 3.63) is 60.3 Å². The topological polar surface area (TPSA) is 80.6 Å². The average Bonchev–Trinajstić information content (AvgIpc) is 3.21. The van der Waals surface area contributed by atoms with E-state index >= 15 is 0 Å². The van der Waals surface area contributed by atoms with E-state index in [9.17, 15) is 14.4 Å². The molecule has 1 aliphatic heterocycles. The normalized spacial score (nSPS) is 14.2. The Morgan fingerprint density at radius 3 is 2.54 bits per heavy atom. The van der Waals surface area contributed by atoms with Crippen LogP contribution in [0.5, 0.6) is 0 Å². The van der Waals surface area contributed by atoms with Gasteiger partial charge in [0.15, 0.2) is 0 Å². The van der Waals surface area contributed by atoms with Crippen LogP contribution in [0, 0.1) is 5.92 Å². The third-order valence-corrected chi connectivity index (χ3v) is 7.29. The largest absolute Gasteiger partial charge is 0.462 e. The summed E-state index contributed by atoms with van der Waals surface area (Å²) < 4.78 is 7.06. The molecule has 0 aliphatic carbocycles. The van der Waals surface area contributed by atoms with E-state index < -0.39 is 5.97 Å². The molecule has 1 fully saturated rings. The van der Waals surface area contributed by atoms with E-state index in [1.54, 1.807) is 31.2 Å². The third kappa shape index (κ3) is 6.06. The fourth-order valence-electron chi connectivity index (χ4n) is 4.27. The minimum Gasteiger partial charge on any atom is -0.462 e. The fourth-order valence-corrected chi connectivity index (χ4v) is 5.16. The van der Waals surface area contributed by atoms with Gasteiger partial charge in [-0.15, -0.1) is 11.8 Å². The summed E-state index contributed by atoms with van der Waals surface area (Å²) in [5.74, 6) is 0.282. The lowest BCUT2D eigenvalue weighted by molar-refractivity contribution is -0.133. The molecule has 7 nitrogen and oxygen atoms in total. The van der Waals surface area contributed by atoms with Crippen molar-refractivity contribution in [2.45, 2.75) is 38.1 Å². The molecule has 1 aromatic heterocycles. The molecular weight excluding hydrogens is 462 g/mol. The molecule has 1 N–H and O–H groups in total. The van der Waals surface area contributed by atoms with E-state index in [4.69, 9.17) is 4.74 Å². The highest BCUT2D eigenvalue weighted by Crippen LogP contribution is 2.30. The van der Waals surface area contributed by atoms with E-state index in [-0.39, 0.29) is 30.7 Å². The van der Waals surface area contributed by atoms with Crippen LogP contribution in [-0.4, -0.2) is 52.7 Å². The molecule has 2 heterocycles. The molecule has 1 aliphatic rings. The summed E-state index contributed by atoms with van der Waals surface area (Å²) >= 11 is 1.41. The predicted molar refractivity (Wildman–Crippen MR) is 139 cm³/mol. The van der Waals surface area contributed by atoms with Crippen LogP contribution in [0.25, 0.3) is 10.9 Å².